The first-order valence-electron chi connectivity index (χ1n) is 8.79. The highest BCUT2D eigenvalue weighted by Crippen LogP contribution is 2.22. The summed E-state index contributed by atoms with van der Waals surface area (Å²) in [5.41, 5.74) is 0. The molecule has 4 nitrogen and oxygen atoms in total. The van der Waals surface area contributed by atoms with E-state index in [0.717, 1.165) is 32.0 Å². The number of nitrogens with one attached hydrogen (secondary N) is 1. The van der Waals surface area contributed by atoms with Crippen molar-refractivity contribution >= 4 is 5.91 Å². The molecule has 2 rings (SSSR count). The number of hydrogen-bond donors (Lipinski definition) is 1. The van der Waals surface area contributed by atoms with Gasteiger partial charge in [-0.15, -0.1) is 0 Å². The van der Waals surface area contributed by atoms with Crippen LogP contribution >= 0.6 is 0 Å². The second-order valence-electron chi connectivity index (χ2n) is 7.16. The first kappa shape index (κ1) is 16.8. The molecule has 2 aliphatic heterocycles. The van der Waals surface area contributed by atoms with Gasteiger partial charge in [0.15, 0.2) is 0 Å². The third kappa shape index (κ3) is 4.43. The van der Waals surface area contributed by atoms with Crippen molar-refractivity contribution in [1.29, 1.82) is 0 Å². The third-order valence-electron chi connectivity index (χ3n) is 5.37. The number of carbonyl (C=O) groups is 1. The summed E-state index contributed by atoms with van der Waals surface area (Å²) in [4.78, 5) is 17.2. The standard InChI is InChI=1S/C17H33N3O/c1-5-14(4)17(21)18-15-6-9-20(12-15)16-7-10-19(11-8-16)13(2)3/h13-16H,5-12H2,1-4H3,(H,18,21). The van der Waals surface area contributed by atoms with E-state index < -0.39 is 0 Å². The zero-order chi connectivity index (χ0) is 15.4. The number of likely N-dealkylation sites (tertiary alicyclic amines) is 2. The smallest absolute Gasteiger partial charge is 0.223 e. The molecule has 2 saturated heterocycles. The molecule has 0 bridgehead atoms. The molecule has 1 amide bonds. The lowest BCUT2D eigenvalue weighted by molar-refractivity contribution is -0.125. The average Bonchev–Trinajstić information content (AvgIpc) is 2.94. The van der Waals surface area contributed by atoms with Crippen molar-refractivity contribution in [2.75, 3.05) is 26.2 Å². The average molecular weight is 295 g/mol. The van der Waals surface area contributed by atoms with Crippen LogP contribution in [0.3, 0.4) is 0 Å². The van der Waals surface area contributed by atoms with Crippen molar-refractivity contribution in [2.45, 2.75) is 71.5 Å². The van der Waals surface area contributed by atoms with Gasteiger partial charge in [-0.05, 0) is 52.6 Å². The molecule has 0 aromatic rings. The molecule has 0 aromatic heterocycles. The SMILES string of the molecule is CCC(C)C(=O)NC1CCN(C2CCN(C(C)C)CC2)C1. The van der Waals surface area contributed by atoms with Crippen molar-refractivity contribution in [3.8, 4) is 0 Å². The van der Waals surface area contributed by atoms with E-state index in [4.69, 9.17) is 0 Å². The van der Waals surface area contributed by atoms with E-state index in [-0.39, 0.29) is 11.8 Å². The minimum atomic E-state index is 0.147. The Bertz CT molecular complexity index is 337. The number of piperidine rings is 1. The van der Waals surface area contributed by atoms with Crippen molar-refractivity contribution in [1.82, 2.24) is 15.1 Å². The van der Waals surface area contributed by atoms with Gasteiger partial charge < -0.3 is 10.2 Å². The Hall–Kier alpha value is -0.610. The summed E-state index contributed by atoms with van der Waals surface area (Å²) in [5, 5.41) is 3.23. The van der Waals surface area contributed by atoms with Gasteiger partial charge in [-0.25, -0.2) is 0 Å². The van der Waals surface area contributed by atoms with Crippen LogP contribution in [0.2, 0.25) is 0 Å². The molecule has 2 atom stereocenters. The van der Waals surface area contributed by atoms with E-state index in [2.05, 4.69) is 35.9 Å². The summed E-state index contributed by atoms with van der Waals surface area (Å²) < 4.78 is 0. The van der Waals surface area contributed by atoms with Crippen molar-refractivity contribution in [3.63, 3.8) is 0 Å². The van der Waals surface area contributed by atoms with Gasteiger partial charge in [-0.2, -0.15) is 0 Å². The molecule has 2 aliphatic rings. The van der Waals surface area contributed by atoms with Crippen LogP contribution in [0, 0.1) is 5.92 Å². The fraction of sp³-hybridized carbons (Fsp3) is 0.941. The van der Waals surface area contributed by atoms with Crippen LogP contribution in [0.4, 0.5) is 0 Å². The molecule has 0 radical (unpaired) electrons. The van der Waals surface area contributed by atoms with Gasteiger partial charge in [-0.3, -0.25) is 9.69 Å². The third-order valence-corrected chi connectivity index (χ3v) is 5.37. The second kappa shape index (κ2) is 7.59. The Morgan fingerprint density at radius 1 is 1.14 bits per heavy atom. The van der Waals surface area contributed by atoms with Crippen LogP contribution in [0.5, 0.6) is 0 Å². The second-order valence-corrected chi connectivity index (χ2v) is 7.16. The highest BCUT2D eigenvalue weighted by atomic mass is 16.1. The predicted molar refractivity (Wildman–Crippen MR) is 87.3 cm³/mol. The van der Waals surface area contributed by atoms with Gasteiger partial charge in [-0.1, -0.05) is 13.8 Å². The zero-order valence-electron chi connectivity index (χ0n) is 14.3. The van der Waals surface area contributed by atoms with Crippen LogP contribution in [-0.2, 0) is 4.79 Å². The lowest BCUT2D eigenvalue weighted by Crippen LogP contribution is -2.47. The highest BCUT2D eigenvalue weighted by Gasteiger charge is 2.32. The van der Waals surface area contributed by atoms with Crippen LogP contribution in [0.25, 0.3) is 0 Å². The molecule has 0 aliphatic carbocycles. The summed E-state index contributed by atoms with van der Waals surface area (Å²) in [5.74, 6) is 0.382. The topological polar surface area (TPSA) is 35.6 Å². The van der Waals surface area contributed by atoms with Crippen molar-refractivity contribution in [2.24, 2.45) is 5.92 Å². The Morgan fingerprint density at radius 3 is 2.38 bits per heavy atom. The van der Waals surface area contributed by atoms with Gasteiger partial charge in [0, 0.05) is 37.1 Å². The number of nitrogens with zero attached hydrogens (tertiary/aromatic N) is 2. The summed E-state index contributed by atoms with van der Waals surface area (Å²) in [6.07, 6.45) is 4.61. The molecule has 21 heavy (non-hydrogen) atoms. The van der Waals surface area contributed by atoms with Gasteiger partial charge in [0.2, 0.25) is 5.91 Å². The minimum Gasteiger partial charge on any atom is -0.352 e. The molecular weight excluding hydrogens is 262 g/mol. The van der Waals surface area contributed by atoms with Gasteiger partial charge >= 0.3 is 0 Å². The monoisotopic (exact) mass is 295 g/mol. The molecule has 122 valence electrons. The highest BCUT2D eigenvalue weighted by molar-refractivity contribution is 5.78. The number of carbonyl (C=O) groups excluding carboxylic acids is 1. The fourth-order valence-electron chi connectivity index (χ4n) is 3.53. The maximum absolute atomic E-state index is 12.0. The molecule has 2 fully saturated rings. The van der Waals surface area contributed by atoms with Gasteiger partial charge in [0.25, 0.3) is 0 Å². The number of hydrogen-bond acceptors (Lipinski definition) is 3. The lowest BCUT2D eigenvalue weighted by atomic mass is 10.0. The molecular formula is C17H33N3O. The van der Waals surface area contributed by atoms with Crippen LogP contribution in [-0.4, -0.2) is 60.0 Å². The first-order chi connectivity index (χ1) is 10.0. The van der Waals surface area contributed by atoms with E-state index in [1.807, 2.05) is 6.92 Å². The van der Waals surface area contributed by atoms with E-state index in [1.54, 1.807) is 0 Å². The van der Waals surface area contributed by atoms with E-state index in [0.29, 0.717) is 12.1 Å². The predicted octanol–water partition coefficient (Wildman–Crippen LogP) is 2.10. The fourth-order valence-corrected chi connectivity index (χ4v) is 3.53. The normalized spacial score (nSPS) is 27.2. The van der Waals surface area contributed by atoms with Gasteiger partial charge in [0.1, 0.15) is 0 Å². The van der Waals surface area contributed by atoms with Crippen molar-refractivity contribution < 1.29 is 4.79 Å². The quantitative estimate of drug-likeness (QED) is 0.843. The van der Waals surface area contributed by atoms with Crippen LogP contribution in [0.15, 0.2) is 0 Å². The Kier molecular flexibility index (Phi) is 6.06. The molecule has 0 saturated carbocycles. The number of amides is 1. The summed E-state index contributed by atoms with van der Waals surface area (Å²) >= 11 is 0. The zero-order valence-corrected chi connectivity index (χ0v) is 14.3. The minimum absolute atomic E-state index is 0.147. The molecule has 4 heteroatoms. The van der Waals surface area contributed by atoms with E-state index in [1.165, 1.54) is 25.9 Å². The Morgan fingerprint density at radius 2 is 1.81 bits per heavy atom. The van der Waals surface area contributed by atoms with E-state index >= 15 is 0 Å². The van der Waals surface area contributed by atoms with Gasteiger partial charge in [0.05, 0.1) is 0 Å². The number of rotatable bonds is 5. The molecule has 2 heterocycles. The van der Waals surface area contributed by atoms with Crippen molar-refractivity contribution in [3.05, 3.63) is 0 Å². The summed E-state index contributed by atoms with van der Waals surface area (Å²) in [6, 6.07) is 1.77. The molecule has 0 spiro atoms. The maximum atomic E-state index is 12.0. The largest absolute Gasteiger partial charge is 0.352 e. The maximum Gasteiger partial charge on any atom is 0.223 e. The summed E-state index contributed by atoms with van der Waals surface area (Å²) in [7, 11) is 0. The Balaban J connectivity index is 1.74. The summed E-state index contributed by atoms with van der Waals surface area (Å²) in [6.45, 7) is 13.3. The first-order valence-corrected chi connectivity index (χ1v) is 8.79. The van der Waals surface area contributed by atoms with Crippen LogP contribution < -0.4 is 5.32 Å². The molecule has 1 N–H and O–H groups in total. The van der Waals surface area contributed by atoms with E-state index in [9.17, 15) is 4.79 Å². The van der Waals surface area contributed by atoms with Crippen LogP contribution in [0.1, 0.15) is 53.4 Å². The molecule has 0 aromatic carbocycles. The Labute approximate surface area is 130 Å². The molecule has 2 unspecified atom stereocenters. The lowest BCUT2D eigenvalue weighted by Gasteiger charge is -2.38.